The van der Waals surface area contributed by atoms with Crippen LogP contribution in [0.4, 0.5) is 4.79 Å². The van der Waals surface area contributed by atoms with E-state index in [4.69, 9.17) is 9.47 Å². The minimum Gasteiger partial charge on any atom is -0.444 e. The van der Waals surface area contributed by atoms with E-state index in [-0.39, 0.29) is 6.61 Å². The molecule has 7 nitrogen and oxygen atoms in total. The summed E-state index contributed by atoms with van der Waals surface area (Å²) >= 11 is 0. The van der Waals surface area contributed by atoms with E-state index in [0.29, 0.717) is 6.61 Å². The lowest BCUT2D eigenvalue weighted by atomic mass is 10.2. The molecule has 2 amide bonds. The molecule has 0 radical (unpaired) electrons. The lowest BCUT2D eigenvalue weighted by molar-refractivity contribution is -0.124. The maximum atomic E-state index is 12.5. The largest absolute Gasteiger partial charge is 0.444 e. The van der Waals surface area contributed by atoms with Gasteiger partial charge in [-0.2, -0.15) is 5.10 Å². The van der Waals surface area contributed by atoms with Gasteiger partial charge < -0.3 is 14.8 Å². The van der Waals surface area contributed by atoms with Crippen molar-refractivity contribution in [1.29, 1.82) is 0 Å². The number of hydrazone groups is 1. The van der Waals surface area contributed by atoms with Crippen molar-refractivity contribution >= 4 is 24.3 Å². The Morgan fingerprint density at radius 3 is 2.32 bits per heavy atom. The zero-order chi connectivity index (χ0) is 22.5. The van der Waals surface area contributed by atoms with Crippen molar-refractivity contribution in [2.24, 2.45) is 5.10 Å². The van der Waals surface area contributed by atoms with Crippen LogP contribution in [-0.4, -0.2) is 36.5 Å². The molecule has 0 spiro atoms. The van der Waals surface area contributed by atoms with Gasteiger partial charge in [-0.05, 0) is 38.0 Å². The van der Waals surface area contributed by atoms with E-state index in [1.54, 1.807) is 26.8 Å². The predicted octanol–water partition coefficient (Wildman–Crippen LogP) is 3.91. The van der Waals surface area contributed by atoms with Gasteiger partial charge in [-0.25, -0.2) is 10.2 Å². The molecule has 7 heteroatoms. The Labute approximate surface area is 183 Å². The second-order valence-electron chi connectivity index (χ2n) is 7.72. The summed E-state index contributed by atoms with van der Waals surface area (Å²) in [5.41, 5.74) is 3.70. The number of alkyl carbamates (subject to hydrolysis) is 1. The third-order valence-electron chi connectivity index (χ3n) is 3.83. The second-order valence-corrected chi connectivity index (χ2v) is 7.72. The highest BCUT2D eigenvalue weighted by atomic mass is 16.6. The predicted molar refractivity (Wildman–Crippen MR) is 121 cm³/mol. The van der Waals surface area contributed by atoms with E-state index in [2.05, 4.69) is 15.8 Å². The average molecular weight is 424 g/mol. The van der Waals surface area contributed by atoms with Crippen LogP contribution in [0.1, 0.15) is 31.9 Å². The molecule has 0 saturated heterocycles. The van der Waals surface area contributed by atoms with Crippen molar-refractivity contribution in [2.75, 3.05) is 6.61 Å². The van der Waals surface area contributed by atoms with E-state index in [1.165, 1.54) is 6.21 Å². The molecule has 0 fully saturated rings. The Morgan fingerprint density at radius 2 is 1.68 bits per heavy atom. The number of benzene rings is 2. The Kier molecular flexibility index (Phi) is 9.45. The van der Waals surface area contributed by atoms with Crippen molar-refractivity contribution in [1.82, 2.24) is 10.7 Å². The third kappa shape index (κ3) is 10.2. The van der Waals surface area contributed by atoms with Gasteiger partial charge in [-0.15, -0.1) is 0 Å². The minimum atomic E-state index is -0.964. The molecule has 2 rings (SSSR count). The van der Waals surface area contributed by atoms with Crippen molar-refractivity contribution in [3.63, 3.8) is 0 Å². The summed E-state index contributed by atoms with van der Waals surface area (Å²) in [4.78, 5) is 24.6. The van der Waals surface area contributed by atoms with Crippen molar-refractivity contribution in [3.8, 4) is 0 Å². The monoisotopic (exact) mass is 423 g/mol. The first kappa shape index (κ1) is 23.8. The highest BCUT2D eigenvalue weighted by Gasteiger charge is 2.24. The lowest BCUT2D eigenvalue weighted by Gasteiger charge is -2.22. The van der Waals surface area contributed by atoms with Crippen molar-refractivity contribution in [2.45, 2.75) is 39.0 Å². The maximum absolute atomic E-state index is 12.5. The highest BCUT2D eigenvalue weighted by Crippen LogP contribution is 2.07. The SMILES string of the molecule is CC(C)(C)OC(=O)N[C@@H](COCc1ccccc1)C(=O)N/N=C\C=C\c1ccccc1. The van der Waals surface area contributed by atoms with Crippen LogP contribution in [0.15, 0.2) is 71.8 Å². The molecule has 0 unspecified atom stereocenters. The van der Waals surface area contributed by atoms with E-state index in [9.17, 15) is 9.59 Å². The Bertz CT molecular complexity index is 875. The van der Waals surface area contributed by atoms with Crippen molar-refractivity contribution in [3.05, 3.63) is 77.9 Å². The molecule has 0 aliphatic rings. The summed E-state index contributed by atoms with van der Waals surface area (Å²) in [6.45, 7) is 5.52. The van der Waals surface area contributed by atoms with Gasteiger partial charge in [0, 0.05) is 6.21 Å². The highest BCUT2D eigenvalue weighted by molar-refractivity contribution is 5.87. The molecule has 0 aromatic heterocycles. The first-order valence-electron chi connectivity index (χ1n) is 9.99. The van der Waals surface area contributed by atoms with E-state index in [1.807, 2.05) is 66.7 Å². The maximum Gasteiger partial charge on any atom is 0.408 e. The first-order valence-corrected chi connectivity index (χ1v) is 9.99. The van der Waals surface area contributed by atoms with Crippen molar-refractivity contribution < 1.29 is 19.1 Å². The Balaban J connectivity index is 1.91. The van der Waals surface area contributed by atoms with Crippen LogP contribution in [0.3, 0.4) is 0 Å². The minimum absolute atomic E-state index is 0.0324. The number of carbonyl (C=O) groups is 2. The standard InChI is InChI=1S/C24H29N3O4/c1-24(2,3)31-23(29)26-21(18-30-17-20-13-8-5-9-14-20)22(28)27-25-16-10-15-19-11-6-4-7-12-19/h4-16,21H,17-18H2,1-3H3,(H,26,29)(H,27,28)/b15-10+,25-16-/t21-/m0/s1. The van der Waals surface area contributed by atoms with Gasteiger partial charge in [0.25, 0.3) is 5.91 Å². The molecule has 2 aromatic rings. The number of carbonyl (C=O) groups excluding carboxylic acids is 2. The number of hydrogen-bond acceptors (Lipinski definition) is 5. The third-order valence-corrected chi connectivity index (χ3v) is 3.83. The van der Waals surface area contributed by atoms with Crippen LogP contribution >= 0.6 is 0 Å². The fourth-order valence-corrected chi connectivity index (χ4v) is 2.44. The number of ether oxygens (including phenoxy) is 2. The molecular formula is C24H29N3O4. The smallest absolute Gasteiger partial charge is 0.408 e. The quantitative estimate of drug-likeness (QED) is 0.473. The van der Waals surface area contributed by atoms with E-state index in [0.717, 1.165) is 11.1 Å². The van der Waals surface area contributed by atoms with Crippen LogP contribution in [0, 0.1) is 0 Å². The summed E-state index contributed by atoms with van der Waals surface area (Å²) in [7, 11) is 0. The summed E-state index contributed by atoms with van der Waals surface area (Å²) in [6, 6.07) is 18.3. The zero-order valence-electron chi connectivity index (χ0n) is 18.1. The van der Waals surface area contributed by atoms with Crippen LogP contribution in [0.5, 0.6) is 0 Å². The van der Waals surface area contributed by atoms with E-state index >= 15 is 0 Å². The summed E-state index contributed by atoms with van der Waals surface area (Å²) in [5.74, 6) is -0.511. The summed E-state index contributed by atoms with van der Waals surface area (Å²) < 4.78 is 10.9. The zero-order valence-corrected chi connectivity index (χ0v) is 18.1. The Hall–Kier alpha value is -3.45. The number of hydrogen-bond donors (Lipinski definition) is 2. The number of nitrogens with zero attached hydrogens (tertiary/aromatic N) is 1. The topological polar surface area (TPSA) is 89.0 Å². The molecule has 31 heavy (non-hydrogen) atoms. The van der Waals surface area contributed by atoms with Gasteiger partial charge in [-0.1, -0.05) is 66.7 Å². The summed E-state index contributed by atoms with van der Waals surface area (Å²) in [6.07, 6.45) is 4.32. The van der Waals surface area contributed by atoms with Crippen LogP contribution in [0.25, 0.3) is 6.08 Å². The molecule has 1 atom stereocenters. The van der Waals surface area contributed by atoms with Gasteiger partial charge in [0.2, 0.25) is 0 Å². The lowest BCUT2D eigenvalue weighted by Crippen LogP contribution is -2.49. The molecule has 0 heterocycles. The van der Waals surface area contributed by atoms with Gasteiger partial charge in [0.15, 0.2) is 0 Å². The van der Waals surface area contributed by atoms with Gasteiger partial charge in [0.05, 0.1) is 13.2 Å². The molecule has 164 valence electrons. The molecule has 2 aromatic carbocycles. The van der Waals surface area contributed by atoms with E-state index < -0.39 is 23.6 Å². The normalized spacial score (nSPS) is 12.6. The fourth-order valence-electron chi connectivity index (χ4n) is 2.44. The number of amides is 2. The number of nitrogens with one attached hydrogen (secondary N) is 2. The first-order chi connectivity index (χ1) is 14.8. The van der Waals surface area contributed by atoms with Crippen LogP contribution in [-0.2, 0) is 20.9 Å². The van der Waals surface area contributed by atoms with Gasteiger partial charge in [0.1, 0.15) is 11.6 Å². The van der Waals surface area contributed by atoms with Gasteiger partial charge >= 0.3 is 6.09 Å². The molecular weight excluding hydrogens is 394 g/mol. The number of allylic oxidation sites excluding steroid dienone is 1. The average Bonchev–Trinajstić information content (AvgIpc) is 2.73. The van der Waals surface area contributed by atoms with Gasteiger partial charge in [-0.3, -0.25) is 4.79 Å². The number of rotatable bonds is 9. The summed E-state index contributed by atoms with van der Waals surface area (Å²) in [5, 5.41) is 6.43. The molecule has 2 N–H and O–H groups in total. The molecule has 0 saturated carbocycles. The second kappa shape index (κ2) is 12.3. The molecule has 0 aliphatic heterocycles. The Morgan fingerprint density at radius 1 is 1.03 bits per heavy atom. The van der Waals surface area contributed by atoms with Crippen LogP contribution in [0.2, 0.25) is 0 Å². The molecule has 0 bridgehead atoms. The fraction of sp³-hybridized carbons (Fsp3) is 0.292. The van der Waals surface area contributed by atoms with Crippen LogP contribution < -0.4 is 10.7 Å². The molecule has 0 aliphatic carbocycles.